The van der Waals surface area contributed by atoms with Crippen LogP contribution in [0.15, 0.2) is 134 Å². The van der Waals surface area contributed by atoms with Crippen LogP contribution in [0.25, 0.3) is 61.8 Å². The Hall–Kier alpha value is -6.63. The molecule has 9 heteroatoms. The number of benzene rings is 6. The van der Waals surface area contributed by atoms with Crippen LogP contribution in [0.5, 0.6) is 11.5 Å². The zero-order chi connectivity index (χ0) is 47.0. The maximum absolute atomic E-state index is 7.07. The van der Waals surface area contributed by atoms with E-state index in [0.717, 1.165) is 61.4 Å². The molecule has 0 spiro atoms. The van der Waals surface area contributed by atoms with Gasteiger partial charge in [0.15, 0.2) is 11.6 Å². The van der Waals surface area contributed by atoms with Gasteiger partial charge >= 0.3 is 0 Å². The van der Waals surface area contributed by atoms with Crippen molar-refractivity contribution < 1.29 is 25.8 Å². The van der Waals surface area contributed by atoms with E-state index in [4.69, 9.17) is 24.7 Å². The second-order valence-electron chi connectivity index (χ2n) is 20.8. The fraction of sp³-hybridized carbons (Fsp3) is 0.237. The van der Waals surface area contributed by atoms with Crippen molar-refractivity contribution in [3.8, 4) is 51.5 Å². The minimum absolute atomic E-state index is 0. The number of nitrogens with zero attached hydrogens (tertiary/aromatic N) is 7. The van der Waals surface area contributed by atoms with Crippen molar-refractivity contribution in [2.75, 3.05) is 16.8 Å². The summed E-state index contributed by atoms with van der Waals surface area (Å²) >= 11 is 0. The van der Waals surface area contributed by atoms with Crippen LogP contribution in [0.3, 0.4) is 0 Å². The van der Waals surface area contributed by atoms with Crippen LogP contribution < -0.4 is 14.5 Å². The van der Waals surface area contributed by atoms with Gasteiger partial charge in [-0.05, 0) is 93.8 Å². The van der Waals surface area contributed by atoms with Crippen LogP contribution >= 0.6 is 0 Å². The Kier molecular flexibility index (Phi) is 11.9. The Bertz CT molecular complexity index is 3260. The van der Waals surface area contributed by atoms with Crippen LogP contribution in [-0.4, -0.2) is 31.6 Å². The molecule has 4 heterocycles. The van der Waals surface area contributed by atoms with Gasteiger partial charge in [0, 0.05) is 66.8 Å². The van der Waals surface area contributed by atoms with Gasteiger partial charge in [-0.25, -0.2) is 19.9 Å². The van der Waals surface area contributed by atoms with Gasteiger partial charge in [0.25, 0.3) is 0 Å². The maximum Gasteiger partial charge on any atom is 0.162 e. The SMILES string of the molecule is Cc1ccnc(-n2c3[c-]c(Oc4[c-]c(N5[CH-]N(C)c6ccccc65)ccc4)c(-c4nc(-c5ccc(C(C)(C)C)cc5)nc(-c5ccc(C(C)(C)C)cc5)n4)cc3c3cc(C(C)(C)C)ccc32)c1.[Pt]. The van der Waals surface area contributed by atoms with E-state index in [1.54, 1.807) is 0 Å². The van der Waals surface area contributed by atoms with E-state index < -0.39 is 0 Å². The molecule has 0 aliphatic carbocycles. The molecule has 0 saturated heterocycles. The number of anilines is 3. The molecule has 0 radical (unpaired) electrons. The summed E-state index contributed by atoms with van der Waals surface area (Å²) in [6.45, 7) is 24.2. The molecule has 10 rings (SSSR count). The van der Waals surface area contributed by atoms with Crippen molar-refractivity contribution in [1.82, 2.24) is 24.5 Å². The predicted octanol–water partition coefficient (Wildman–Crippen LogP) is 14.7. The van der Waals surface area contributed by atoms with Crippen molar-refractivity contribution in [2.45, 2.75) is 85.5 Å². The first-order valence-electron chi connectivity index (χ1n) is 23.0. The predicted molar refractivity (Wildman–Crippen MR) is 275 cm³/mol. The molecule has 8 nitrogen and oxygen atoms in total. The minimum atomic E-state index is -0.0914. The van der Waals surface area contributed by atoms with Crippen molar-refractivity contribution in [1.29, 1.82) is 0 Å². The van der Waals surface area contributed by atoms with E-state index in [9.17, 15) is 0 Å². The Morgan fingerprint density at radius 1 is 0.574 bits per heavy atom. The number of aryl methyl sites for hydroxylation is 1. The van der Waals surface area contributed by atoms with Gasteiger partial charge in [0.05, 0.1) is 0 Å². The smallest absolute Gasteiger partial charge is 0.162 e. The van der Waals surface area contributed by atoms with E-state index in [-0.39, 0.29) is 37.3 Å². The van der Waals surface area contributed by atoms with Crippen molar-refractivity contribution >= 4 is 38.9 Å². The number of fused-ring (bicyclic) bond motifs is 4. The summed E-state index contributed by atoms with van der Waals surface area (Å²) in [7, 11) is 2.05. The molecule has 0 saturated carbocycles. The third-order valence-electron chi connectivity index (χ3n) is 12.7. The summed E-state index contributed by atoms with van der Waals surface area (Å²) in [6.07, 6.45) is 1.86. The number of rotatable bonds is 7. The summed E-state index contributed by atoms with van der Waals surface area (Å²) in [5, 5.41) is 2.05. The van der Waals surface area contributed by atoms with E-state index in [1.807, 2.05) is 30.5 Å². The van der Waals surface area contributed by atoms with Gasteiger partial charge in [-0.3, -0.25) is 0 Å². The van der Waals surface area contributed by atoms with Gasteiger partial charge in [0.1, 0.15) is 11.6 Å². The first-order valence-corrected chi connectivity index (χ1v) is 23.0. The van der Waals surface area contributed by atoms with Crippen LogP contribution in [0, 0.1) is 25.7 Å². The first kappa shape index (κ1) is 46.5. The molecule has 9 aromatic rings. The normalized spacial score (nSPS) is 13.0. The maximum atomic E-state index is 7.07. The standard InChI is InChI=1S/C59H56N7O.Pt/c1-37-29-30-60-53(31-37)66-48-28-27-42(59(8,9)10)32-45(48)46-34-47(52(35-51(46)66)67-44-16-14-15-43(33-44)65-36-64(11)49-17-12-13-18-50(49)65)56-62-54(38-19-23-40(24-20-38)57(2,3)4)61-55(63-56)39-21-25-41(26-22-39)58(5,6)7;/h12-32,34,36H,1-11H3;/q-3;. The number of ether oxygens (including phenoxy) is 1. The van der Waals surface area contributed by atoms with Crippen molar-refractivity contribution in [2.24, 2.45) is 0 Å². The van der Waals surface area contributed by atoms with Crippen LogP contribution in [-0.2, 0) is 37.3 Å². The van der Waals surface area contributed by atoms with Gasteiger partial charge in [-0.2, -0.15) is 12.7 Å². The quantitative estimate of drug-likeness (QED) is 0.147. The van der Waals surface area contributed by atoms with Gasteiger partial charge < -0.3 is 19.1 Å². The average Bonchev–Trinajstić information content (AvgIpc) is 3.81. The summed E-state index contributed by atoms with van der Waals surface area (Å²) in [5.41, 5.74) is 12.0. The number of pyridine rings is 1. The fourth-order valence-corrected chi connectivity index (χ4v) is 8.76. The first-order chi connectivity index (χ1) is 31.9. The molecule has 0 bridgehead atoms. The Morgan fingerprint density at radius 3 is 1.76 bits per heavy atom. The summed E-state index contributed by atoms with van der Waals surface area (Å²) < 4.78 is 9.26. The van der Waals surface area contributed by atoms with E-state index in [2.05, 4.69) is 213 Å². The number of hydrogen-bond donors (Lipinski definition) is 0. The monoisotopic (exact) mass is 1070 g/mol. The summed E-state index contributed by atoms with van der Waals surface area (Å²) in [6, 6.07) is 51.9. The molecular weight excluding hydrogens is 1020 g/mol. The molecule has 0 amide bonds. The number of hydrogen-bond acceptors (Lipinski definition) is 7. The Labute approximate surface area is 415 Å². The number of aromatic nitrogens is 5. The minimum Gasteiger partial charge on any atom is -0.508 e. The van der Waals surface area contributed by atoms with Gasteiger partial charge in [-0.1, -0.05) is 141 Å². The molecule has 68 heavy (non-hydrogen) atoms. The van der Waals surface area contributed by atoms with E-state index in [0.29, 0.717) is 34.5 Å². The molecule has 6 aromatic carbocycles. The second kappa shape index (κ2) is 17.5. The van der Waals surface area contributed by atoms with Gasteiger partial charge in [0.2, 0.25) is 0 Å². The zero-order valence-electron chi connectivity index (χ0n) is 40.6. The average molecular weight is 1070 g/mol. The van der Waals surface area contributed by atoms with Gasteiger partial charge in [-0.15, -0.1) is 41.4 Å². The van der Waals surface area contributed by atoms with E-state index >= 15 is 0 Å². The molecule has 0 atom stereocenters. The molecule has 0 fully saturated rings. The van der Waals surface area contributed by atoms with Crippen molar-refractivity contribution in [3.05, 3.63) is 175 Å². The molecule has 1 aliphatic rings. The third-order valence-corrected chi connectivity index (χ3v) is 12.7. The summed E-state index contributed by atoms with van der Waals surface area (Å²) in [4.78, 5) is 25.0. The third kappa shape index (κ3) is 8.83. The van der Waals surface area contributed by atoms with Crippen LogP contribution in [0.1, 0.15) is 84.6 Å². The zero-order valence-corrected chi connectivity index (χ0v) is 42.9. The largest absolute Gasteiger partial charge is 0.508 e. The Morgan fingerprint density at radius 2 is 1.16 bits per heavy atom. The molecular formula is C59H56N7OPt-3. The topological polar surface area (TPSA) is 72.2 Å². The second-order valence-corrected chi connectivity index (χ2v) is 20.8. The van der Waals surface area contributed by atoms with Crippen LogP contribution in [0.4, 0.5) is 17.1 Å². The summed E-state index contributed by atoms with van der Waals surface area (Å²) in [5.74, 6) is 3.36. The number of para-hydroxylation sites is 2. The molecule has 1 aliphatic heterocycles. The molecule has 3 aromatic heterocycles. The fourth-order valence-electron chi connectivity index (χ4n) is 8.76. The van der Waals surface area contributed by atoms with Crippen LogP contribution in [0.2, 0.25) is 0 Å². The van der Waals surface area contributed by atoms with Crippen molar-refractivity contribution in [3.63, 3.8) is 0 Å². The Balaban J connectivity index is 0.00000578. The molecule has 0 N–H and O–H groups in total. The van der Waals surface area contributed by atoms with E-state index in [1.165, 1.54) is 16.7 Å². The molecule has 346 valence electrons. The molecule has 0 unspecified atom stereocenters.